The molecule has 0 aliphatic rings. The molecule has 0 spiro atoms. The Labute approximate surface area is 158 Å². The van der Waals surface area contributed by atoms with Crippen LogP contribution >= 0.6 is 11.3 Å². The van der Waals surface area contributed by atoms with Gasteiger partial charge >= 0.3 is 0 Å². The number of aromatic nitrogens is 1. The molecule has 2 heterocycles. The average molecular weight is 407 g/mol. The number of non-ortho nitro benzene ring substituents is 1. The highest BCUT2D eigenvalue weighted by atomic mass is 32.2. The first-order valence-electron chi connectivity index (χ1n) is 7.47. The molecule has 0 N–H and O–H groups in total. The summed E-state index contributed by atoms with van der Waals surface area (Å²) in [5.41, 5.74) is -0.185. The molecule has 0 atom stereocenters. The van der Waals surface area contributed by atoms with Gasteiger partial charge in [0, 0.05) is 19.2 Å². The van der Waals surface area contributed by atoms with Gasteiger partial charge in [0.05, 0.1) is 22.2 Å². The average Bonchev–Trinajstić information content (AvgIpc) is 3.30. The zero-order valence-electron chi connectivity index (χ0n) is 13.9. The fraction of sp³-hybridized carbons (Fsp3) is 0.125. The van der Waals surface area contributed by atoms with Gasteiger partial charge in [0.15, 0.2) is 0 Å². The molecule has 2 aromatic heterocycles. The van der Waals surface area contributed by atoms with Crippen molar-refractivity contribution in [3.63, 3.8) is 0 Å². The second kappa shape index (κ2) is 7.78. The van der Waals surface area contributed by atoms with Crippen LogP contribution in [0.3, 0.4) is 0 Å². The minimum absolute atomic E-state index is 0.0111. The van der Waals surface area contributed by atoms with Gasteiger partial charge in [-0.25, -0.2) is 18.4 Å². The number of nitro benzene ring substituents is 1. The number of aliphatic imine (C=N–C) groups is 1. The van der Waals surface area contributed by atoms with Crippen molar-refractivity contribution in [2.75, 3.05) is 7.11 Å². The smallest absolute Gasteiger partial charge is 0.269 e. The van der Waals surface area contributed by atoms with E-state index in [1.807, 2.05) is 0 Å². The predicted octanol–water partition coefficient (Wildman–Crippen LogP) is 3.37. The number of ether oxygens (including phenoxy) is 1. The molecule has 0 amide bonds. The van der Waals surface area contributed by atoms with Crippen LogP contribution in [0.5, 0.6) is 0 Å². The fourth-order valence-corrected chi connectivity index (χ4v) is 4.47. The van der Waals surface area contributed by atoms with Crippen molar-refractivity contribution in [1.29, 1.82) is 0 Å². The monoisotopic (exact) mass is 407 g/mol. The maximum atomic E-state index is 12.6. The molecule has 11 heteroatoms. The highest BCUT2D eigenvalue weighted by Crippen LogP contribution is 2.30. The van der Waals surface area contributed by atoms with E-state index in [1.165, 1.54) is 24.5 Å². The molecule has 1 aromatic carbocycles. The summed E-state index contributed by atoms with van der Waals surface area (Å²) in [6.07, 6.45) is 2.63. The van der Waals surface area contributed by atoms with E-state index >= 15 is 0 Å². The van der Waals surface area contributed by atoms with E-state index in [9.17, 15) is 18.5 Å². The first kappa shape index (κ1) is 18.9. The standard InChI is InChI=1S/C16H13N3O6S2/c1-24-10-13-5-4-12(25-13)8-17-16-18-9-15(26-16)27(22,23)14-6-2-11(3-7-14)19(20)21/h2-9H,10H2,1H3. The summed E-state index contributed by atoms with van der Waals surface area (Å²) in [5, 5.41) is 10.9. The highest BCUT2D eigenvalue weighted by Gasteiger charge is 2.21. The van der Waals surface area contributed by atoms with Gasteiger partial charge in [-0.1, -0.05) is 11.3 Å². The van der Waals surface area contributed by atoms with E-state index in [4.69, 9.17) is 9.15 Å². The quantitative estimate of drug-likeness (QED) is 0.334. The highest BCUT2D eigenvalue weighted by molar-refractivity contribution is 7.93. The van der Waals surface area contributed by atoms with Gasteiger partial charge in [-0.05, 0) is 24.3 Å². The first-order chi connectivity index (χ1) is 12.9. The Morgan fingerprint density at radius 1 is 1.30 bits per heavy atom. The molecule has 0 radical (unpaired) electrons. The summed E-state index contributed by atoms with van der Waals surface area (Å²) in [7, 11) is -2.27. The lowest BCUT2D eigenvalue weighted by Crippen LogP contribution is -1.99. The largest absolute Gasteiger partial charge is 0.458 e. The van der Waals surface area contributed by atoms with Gasteiger partial charge < -0.3 is 9.15 Å². The van der Waals surface area contributed by atoms with Gasteiger partial charge in [0.25, 0.3) is 5.69 Å². The van der Waals surface area contributed by atoms with E-state index < -0.39 is 14.8 Å². The summed E-state index contributed by atoms with van der Waals surface area (Å²) in [6, 6.07) is 8.12. The lowest BCUT2D eigenvalue weighted by atomic mass is 10.3. The normalized spacial score (nSPS) is 11.9. The molecule has 140 valence electrons. The number of nitro groups is 1. The number of hydrogen-bond donors (Lipinski definition) is 0. The van der Waals surface area contributed by atoms with Crippen molar-refractivity contribution in [2.45, 2.75) is 15.7 Å². The molecule has 3 aromatic rings. The molecule has 3 rings (SSSR count). The van der Waals surface area contributed by atoms with Crippen LogP contribution in [0.25, 0.3) is 0 Å². The predicted molar refractivity (Wildman–Crippen MR) is 97.3 cm³/mol. The number of rotatable bonds is 7. The molecule has 0 unspecified atom stereocenters. The van der Waals surface area contributed by atoms with Gasteiger partial charge in [0.1, 0.15) is 22.3 Å². The zero-order chi connectivity index (χ0) is 19.4. The van der Waals surface area contributed by atoms with Crippen molar-refractivity contribution in [1.82, 2.24) is 4.98 Å². The SMILES string of the molecule is COCc1ccc(C=Nc2ncc(S(=O)(=O)c3ccc([N+](=O)[O-])cc3)s2)o1. The Kier molecular flexibility index (Phi) is 5.44. The van der Waals surface area contributed by atoms with Crippen molar-refractivity contribution in [2.24, 2.45) is 4.99 Å². The molecular weight excluding hydrogens is 394 g/mol. The molecule has 0 saturated carbocycles. The third-order valence-electron chi connectivity index (χ3n) is 3.37. The lowest BCUT2D eigenvalue weighted by Gasteiger charge is -2.00. The maximum absolute atomic E-state index is 12.6. The molecular formula is C16H13N3O6S2. The van der Waals surface area contributed by atoms with Crippen LogP contribution in [0.2, 0.25) is 0 Å². The van der Waals surface area contributed by atoms with Crippen LogP contribution in [0.4, 0.5) is 10.8 Å². The fourth-order valence-electron chi connectivity index (χ4n) is 2.10. The molecule has 0 aliphatic carbocycles. The number of nitrogens with zero attached hydrogens (tertiary/aromatic N) is 3. The van der Waals surface area contributed by atoms with E-state index in [2.05, 4.69) is 9.98 Å². The zero-order valence-corrected chi connectivity index (χ0v) is 15.6. The Morgan fingerprint density at radius 2 is 2.04 bits per heavy atom. The number of sulfone groups is 1. The topological polar surface area (TPSA) is 125 Å². The van der Waals surface area contributed by atoms with Crippen LogP contribution < -0.4 is 0 Å². The van der Waals surface area contributed by atoms with E-state index in [-0.39, 0.29) is 19.9 Å². The second-order valence-electron chi connectivity index (χ2n) is 5.21. The van der Waals surface area contributed by atoms with Crippen LogP contribution in [-0.4, -0.2) is 31.6 Å². The summed E-state index contributed by atoms with van der Waals surface area (Å²) < 4.78 is 35.6. The van der Waals surface area contributed by atoms with Crippen molar-refractivity contribution < 1.29 is 22.5 Å². The Morgan fingerprint density at radius 3 is 2.70 bits per heavy atom. The summed E-state index contributed by atoms with van der Waals surface area (Å²) in [6.45, 7) is 0.336. The summed E-state index contributed by atoms with van der Waals surface area (Å²) in [4.78, 5) is 18.1. The van der Waals surface area contributed by atoms with Crippen LogP contribution in [-0.2, 0) is 21.2 Å². The number of hydrogen-bond acceptors (Lipinski definition) is 9. The number of methoxy groups -OCH3 is 1. The second-order valence-corrected chi connectivity index (χ2v) is 8.40. The van der Waals surface area contributed by atoms with E-state index in [0.29, 0.717) is 18.1 Å². The number of furan rings is 1. The molecule has 9 nitrogen and oxygen atoms in total. The van der Waals surface area contributed by atoms with Gasteiger partial charge in [-0.15, -0.1) is 0 Å². The number of thiazole rings is 1. The molecule has 0 fully saturated rings. The Bertz CT molecular complexity index is 1080. The number of benzene rings is 1. The minimum atomic E-state index is -3.83. The third-order valence-corrected chi connectivity index (χ3v) is 6.50. The van der Waals surface area contributed by atoms with Crippen LogP contribution in [0.15, 0.2) is 61.1 Å². The van der Waals surface area contributed by atoms with Gasteiger partial charge in [0.2, 0.25) is 15.0 Å². The van der Waals surface area contributed by atoms with E-state index in [0.717, 1.165) is 23.5 Å². The first-order valence-corrected chi connectivity index (χ1v) is 9.77. The summed E-state index contributed by atoms with van der Waals surface area (Å²) in [5.74, 6) is 1.12. The molecule has 27 heavy (non-hydrogen) atoms. The van der Waals surface area contributed by atoms with Crippen LogP contribution in [0, 0.1) is 10.1 Å². The molecule has 0 bridgehead atoms. The lowest BCUT2D eigenvalue weighted by molar-refractivity contribution is -0.384. The van der Waals surface area contributed by atoms with Crippen molar-refractivity contribution in [3.05, 3.63) is 64.2 Å². The maximum Gasteiger partial charge on any atom is 0.269 e. The minimum Gasteiger partial charge on any atom is -0.458 e. The molecule has 0 saturated heterocycles. The Balaban J connectivity index is 1.79. The van der Waals surface area contributed by atoms with E-state index in [1.54, 1.807) is 19.2 Å². The van der Waals surface area contributed by atoms with Crippen LogP contribution in [0.1, 0.15) is 11.5 Å². The Hall–Kier alpha value is -2.89. The van der Waals surface area contributed by atoms with Gasteiger partial charge in [-0.2, -0.15) is 0 Å². The third kappa shape index (κ3) is 4.27. The summed E-state index contributed by atoms with van der Waals surface area (Å²) >= 11 is 0.884. The van der Waals surface area contributed by atoms with Gasteiger partial charge in [-0.3, -0.25) is 10.1 Å². The van der Waals surface area contributed by atoms with Crippen molar-refractivity contribution >= 4 is 38.2 Å². The van der Waals surface area contributed by atoms with Crippen molar-refractivity contribution in [3.8, 4) is 0 Å². The molecule has 0 aliphatic heterocycles.